The third-order valence-electron chi connectivity index (χ3n) is 5.30. The summed E-state index contributed by atoms with van der Waals surface area (Å²) in [5.74, 6) is -0.366. The van der Waals surface area contributed by atoms with Gasteiger partial charge in [-0.15, -0.1) is 11.3 Å². The number of hydrogen-bond donors (Lipinski definition) is 1. The number of rotatable bonds is 5. The second-order valence-electron chi connectivity index (χ2n) is 8.01. The lowest BCUT2D eigenvalue weighted by atomic mass is 10.1. The molecule has 0 aliphatic rings. The van der Waals surface area contributed by atoms with Crippen LogP contribution in [0.4, 0.5) is 11.4 Å². The number of amides is 1. The Balaban J connectivity index is 1.86. The summed E-state index contributed by atoms with van der Waals surface area (Å²) < 4.78 is 1.79. The van der Waals surface area contributed by atoms with Crippen LogP contribution in [0.25, 0.3) is 22.3 Å². The van der Waals surface area contributed by atoms with E-state index in [-0.39, 0.29) is 17.6 Å². The number of hydrogen-bond acceptors (Lipinski definition) is 6. The molecule has 8 nitrogen and oxygen atoms in total. The average Bonchev–Trinajstić information content (AvgIpc) is 3.31. The Morgan fingerprint density at radius 2 is 1.94 bits per heavy atom. The summed E-state index contributed by atoms with van der Waals surface area (Å²) in [6.07, 6.45) is 1.65. The fourth-order valence-corrected chi connectivity index (χ4v) is 4.59. The van der Waals surface area contributed by atoms with Gasteiger partial charge in [-0.1, -0.05) is 6.07 Å². The molecule has 9 heteroatoms. The molecule has 0 atom stereocenters. The molecular formula is C23H23N5O3S. The minimum atomic E-state index is -0.480. The molecule has 0 saturated carbocycles. The molecule has 1 aromatic carbocycles. The number of nitrogens with zero attached hydrogens (tertiary/aromatic N) is 4. The van der Waals surface area contributed by atoms with E-state index in [0.717, 1.165) is 20.9 Å². The van der Waals surface area contributed by atoms with Crippen molar-refractivity contribution in [1.29, 1.82) is 0 Å². The third kappa shape index (κ3) is 3.87. The van der Waals surface area contributed by atoms with Crippen molar-refractivity contribution in [3.05, 3.63) is 67.5 Å². The molecule has 3 aromatic heterocycles. The Labute approximate surface area is 189 Å². The number of aryl methyl sites for hydroxylation is 3. The average molecular weight is 450 g/mol. The third-order valence-corrected chi connectivity index (χ3v) is 6.26. The van der Waals surface area contributed by atoms with Crippen LogP contribution in [0.5, 0.6) is 0 Å². The maximum atomic E-state index is 13.4. The maximum absolute atomic E-state index is 13.4. The van der Waals surface area contributed by atoms with Crippen LogP contribution in [0.2, 0.25) is 0 Å². The number of thiophene rings is 1. The van der Waals surface area contributed by atoms with Gasteiger partial charge in [-0.2, -0.15) is 5.10 Å². The molecule has 4 rings (SSSR count). The van der Waals surface area contributed by atoms with Gasteiger partial charge in [0.2, 0.25) is 0 Å². The quantitative estimate of drug-likeness (QED) is 0.305. The molecule has 32 heavy (non-hydrogen) atoms. The Morgan fingerprint density at radius 1 is 1.19 bits per heavy atom. The van der Waals surface area contributed by atoms with E-state index in [2.05, 4.69) is 16.5 Å². The van der Waals surface area contributed by atoms with Crippen LogP contribution in [0.15, 0.2) is 36.5 Å². The largest absolute Gasteiger partial charge is 0.321 e. The number of carbonyl (C=O) groups excluding carboxylic acids is 1. The summed E-state index contributed by atoms with van der Waals surface area (Å²) in [5, 5.41) is 19.1. The van der Waals surface area contributed by atoms with Gasteiger partial charge in [-0.25, -0.2) is 9.67 Å². The zero-order valence-electron chi connectivity index (χ0n) is 18.5. The van der Waals surface area contributed by atoms with E-state index in [4.69, 9.17) is 4.98 Å². The topological polar surface area (TPSA) is 103 Å². The second kappa shape index (κ2) is 8.16. The Bertz CT molecular complexity index is 1370. The Hall–Kier alpha value is -3.59. The first-order chi connectivity index (χ1) is 15.2. The van der Waals surface area contributed by atoms with E-state index >= 15 is 0 Å². The van der Waals surface area contributed by atoms with Gasteiger partial charge in [0.1, 0.15) is 0 Å². The highest BCUT2D eigenvalue weighted by Crippen LogP contribution is 2.33. The first kappa shape index (κ1) is 21.6. The van der Waals surface area contributed by atoms with Gasteiger partial charge in [0.05, 0.1) is 33.5 Å². The molecule has 0 fully saturated rings. The molecule has 3 heterocycles. The minimum Gasteiger partial charge on any atom is -0.321 e. The molecular weight excluding hydrogens is 426 g/mol. The van der Waals surface area contributed by atoms with Crippen molar-refractivity contribution < 1.29 is 9.72 Å². The number of aromatic nitrogens is 3. The number of anilines is 1. The summed E-state index contributed by atoms with van der Waals surface area (Å²) in [7, 11) is 0. The summed E-state index contributed by atoms with van der Waals surface area (Å²) >= 11 is 1.68. The highest BCUT2D eigenvalue weighted by Gasteiger charge is 2.21. The van der Waals surface area contributed by atoms with Crippen LogP contribution in [0, 0.1) is 30.9 Å². The van der Waals surface area contributed by atoms with Gasteiger partial charge in [0.15, 0.2) is 5.65 Å². The number of nitro benzene ring substituents is 1. The van der Waals surface area contributed by atoms with Crippen LogP contribution in [0.1, 0.15) is 45.6 Å². The first-order valence-electron chi connectivity index (χ1n) is 10.2. The predicted molar refractivity (Wildman–Crippen MR) is 126 cm³/mol. The van der Waals surface area contributed by atoms with Crippen LogP contribution in [-0.2, 0) is 0 Å². The number of nitro groups is 1. The fraction of sp³-hybridized carbons (Fsp3) is 0.261. The molecule has 0 aliphatic heterocycles. The smallest absolute Gasteiger partial charge is 0.271 e. The highest BCUT2D eigenvalue weighted by atomic mass is 32.1. The zero-order valence-corrected chi connectivity index (χ0v) is 19.3. The molecule has 164 valence electrons. The predicted octanol–water partition coefficient (Wildman–Crippen LogP) is 5.83. The minimum absolute atomic E-state index is 0.0653. The molecule has 0 unspecified atom stereocenters. The van der Waals surface area contributed by atoms with Crippen LogP contribution in [0.3, 0.4) is 0 Å². The number of fused-ring (bicyclic) bond motifs is 1. The number of non-ortho nitro benzene ring substituents is 1. The molecule has 4 aromatic rings. The van der Waals surface area contributed by atoms with Gasteiger partial charge in [-0.05, 0) is 52.3 Å². The van der Waals surface area contributed by atoms with Crippen LogP contribution >= 0.6 is 11.3 Å². The number of nitrogens with one attached hydrogen (secondary N) is 1. The molecule has 0 bridgehead atoms. The van der Waals surface area contributed by atoms with Crippen molar-refractivity contribution >= 4 is 39.7 Å². The zero-order chi connectivity index (χ0) is 23.2. The van der Waals surface area contributed by atoms with Crippen LogP contribution < -0.4 is 5.32 Å². The number of pyridine rings is 1. The summed E-state index contributed by atoms with van der Waals surface area (Å²) in [5.41, 5.74) is 3.77. The van der Waals surface area contributed by atoms with E-state index in [9.17, 15) is 14.9 Å². The number of benzene rings is 1. The Morgan fingerprint density at radius 3 is 2.56 bits per heavy atom. The molecule has 0 aliphatic carbocycles. The van der Waals surface area contributed by atoms with Crippen molar-refractivity contribution in [3.63, 3.8) is 0 Å². The molecule has 1 N–H and O–H groups in total. The molecule has 0 radical (unpaired) electrons. The Kier molecular flexibility index (Phi) is 5.52. The van der Waals surface area contributed by atoms with Crippen molar-refractivity contribution in [2.75, 3.05) is 5.32 Å². The van der Waals surface area contributed by atoms with Gasteiger partial charge in [0.25, 0.3) is 11.6 Å². The summed E-state index contributed by atoms with van der Waals surface area (Å²) in [6, 6.07) is 8.31. The monoisotopic (exact) mass is 449 g/mol. The number of carbonyl (C=O) groups is 1. The van der Waals surface area contributed by atoms with Gasteiger partial charge in [-0.3, -0.25) is 14.9 Å². The highest BCUT2D eigenvalue weighted by molar-refractivity contribution is 7.12. The fourth-order valence-electron chi connectivity index (χ4n) is 3.65. The van der Waals surface area contributed by atoms with E-state index in [0.29, 0.717) is 28.0 Å². The maximum Gasteiger partial charge on any atom is 0.271 e. The molecule has 0 spiro atoms. The van der Waals surface area contributed by atoms with Crippen molar-refractivity contribution in [2.45, 2.75) is 40.7 Å². The van der Waals surface area contributed by atoms with Crippen LogP contribution in [-0.4, -0.2) is 25.6 Å². The van der Waals surface area contributed by atoms with E-state index in [1.807, 2.05) is 27.7 Å². The van der Waals surface area contributed by atoms with Crippen molar-refractivity contribution in [1.82, 2.24) is 14.8 Å². The molecule has 0 saturated heterocycles. The van der Waals surface area contributed by atoms with E-state index in [1.165, 1.54) is 12.1 Å². The standard InChI is InChI=1S/C23H23N5O3S/c1-12(2)27-22-19(11-24-27)18(10-21(25-22)17-8-14(4)32-15(17)5)23(29)26-20-9-16(28(30)31)7-6-13(20)3/h6-12H,1-5H3,(H,26,29). The lowest BCUT2D eigenvalue weighted by Gasteiger charge is -2.12. The van der Waals surface area contributed by atoms with Crippen molar-refractivity contribution in [2.24, 2.45) is 0 Å². The molecule has 1 amide bonds. The lowest BCUT2D eigenvalue weighted by molar-refractivity contribution is -0.384. The normalized spacial score (nSPS) is 11.3. The van der Waals surface area contributed by atoms with Crippen molar-refractivity contribution in [3.8, 4) is 11.3 Å². The lowest BCUT2D eigenvalue weighted by Crippen LogP contribution is -2.14. The summed E-state index contributed by atoms with van der Waals surface area (Å²) in [4.78, 5) is 31.2. The van der Waals surface area contributed by atoms with E-state index in [1.54, 1.807) is 41.3 Å². The second-order valence-corrected chi connectivity index (χ2v) is 9.47. The van der Waals surface area contributed by atoms with Gasteiger partial charge in [0, 0.05) is 33.5 Å². The summed E-state index contributed by atoms with van der Waals surface area (Å²) in [6.45, 7) is 9.88. The van der Waals surface area contributed by atoms with E-state index < -0.39 is 4.92 Å². The van der Waals surface area contributed by atoms with Gasteiger partial charge < -0.3 is 5.32 Å². The SMILES string of the molecule is Cc1cc(-c2cc(C(=O)Nc3cc([N+](=O)[O-])ccc3C)c3cnn(C(C)C)c3n2)c(C)s1. The first-order valence-corrected chi connectivity index (χ1v) is 11.0. The van der Waals surface area contributed by atoms with Gasteiger partial charge >= 0.3 is 0 Å².